The zero-order chi connectivity index (χ0) is 17.8. The van der Waals surface area contributed by atoms with Crippen LogP contribution < -0.4 is 10.8 Å². The average molecular weight is 365 g/mol. The molecule has 1 saturated carbocycles. The third-order valence-electron chi connectivity index (χ3n) is 4.69. The monoisotopic (exact) mass is 364 g/mol. The molecular weight excluding hydrogens is 344 g/mol. The van der Waals surface area contributed by atoms with Gasteiger partial charge in [-0.15, -0.1) is 0 Å². The molecule has 8 heteroatoms. The smallest absolute Gasteiger partial charge is 0.267 e. The van der Waals surface area contributed by atoms with Crippen LogP contribution in [0.15, 0.2) is 18.3 Å². The second-order valence-electron chi connectivity index (χ2n) is 6.45. The van der Waals surface area contributed by atoms with Crippen molar-refractivity contribution in [2.75, 3.05) is 18.4 Å². The van der Waals surface area contributed by atoms with Gasteiger partial charge < -0.3 is 10.2 Å². The van der Waals surface area contributed by atoms with Crippen LogP contribution in [0.4, 0.5) is 5.82 Å². The molecule has 2 fully saturated rings. The Hall–Kier alpha value is -2.12. The van der Waals surface area contributed by atoms with Crippen LogP contribution in [0.3, 0.4) is 0 Å². The van der Waals surface area contributed by atoms with E-state index in [1.165, 1.54) is 17.6 Å². The molecule has 1 aromatic heterocycles. The van der Waals surface area contributed by atoms with Gasteiger partial charge >= 0.3 is 0 Å². The first-order valence-electron chi connectivity index (χ1n) is 8.40. The molecule has 1 aliphatic carbocycles. The van der Waals surface area contributed by atoms with Crippen LogP contribution in [0.5, 0.6) is 0 Å². The summed E-state index contributed by atoms with van der Waals surface area (Å²) in [7, 11) is 0. The highest BCUT2D eigenvalue weighted by atomic mass is 35.5. The molecule has 134 valence electrons. The Morgan fingerprint density at radius 2 is 2.16 bits per heavy atom. The maximum atomic E-state index is 12.3. The Labute approximate surface area is 151 Å². The molecular formula is C17H21ClN4O3. The van der Waals surface area contributed by atoms with Gasteiger partial charge in [-0.3, -0.25) is 14.8 Å². The van der Waals surface area contributed by atoms with Crippen molar-refractivity contribution >= 4 is 35.3 Å². The lowest BCUT2D eigenvalue weighted by atomic mass is 9.84. The van der Waals surface area contributed by atoms with Gasteiger partial charge in [0.1, 0.15) is 5.82 Å². The number of likely N-dealkylation sites (tertiary alicyclic amines) is 1. The van der Waals surface area contributed by atoms with Crippen molar-refractivity contribution in [2.24, 2.45) is 5.92 Å². The van der Waals surface area contributed by atoms with Gasteiger partial charge in [-0.1, -0.05) is 18.0 Å². The Morgan fingerprint density at radius 3 is 2.80 bits per heavy atom. The van der Waals surface area contributed by atoms with E-state index < -0.39 is 5.91 Å². The fourth-order valence-electron chi connectivity index (χ4n) is 3.04. The van der Waals surface area contributed by atoms with Gasteiger partial charge in [-0.2, -0.15) is 0 Å². The topological polar surface area (TPSA) is 94.6 Å². The number of carbonyl (C=O) groups is 2. The van der Waals surface area contributed by atoms with Gasteiger partial charge in [0.2, 0.25) is 5.91 Å². The number of rotatable bonds is 5. The van der Waals surface area contributed by atoms with E-state index in [9.17, 15) is 9.59 Å². The minimum Gasteiger partial charge on any atom is -0.364 e. The SMILES string of the molecule is O=C(/C=C/c1cnc(N[C@@H]2CCN(C(=O)C3CCC3)C2)c(Cl)c1)NO. The fraction of sp³-hybridized carbons (Fsp3) is 0.471. The normalized spacial score (nSPS) is 20.6. The fourth-order valence-corrected chi connectivity index (χ4v) is 3.27. The number of nitrogens with one attached hydrogen (secondary N) is 2. The molecule has 2 heterocycles. The maximum absolute atomic E-state index is 12.3. The first-order chi connectivity index (χ1) is 12.1. The van der Waals surface area contributed by atoms with Gasteiger partial charge in [-0.25, -0.2) is 10.5 Å². The van der Waals surface area contributed by atoms with Crippen molar-refractivity contribution in [1.82, 2.24) is 15.4 Å². The Morgan fingerprint density at radius 1 is 1.36 bits per heavy atom. The number of nitrogens with zero attached hydrogens (tertiary/aromatic N) is 2. The van der Waals surface area contributed by atoms with Crippen molar-refractivity contribution < 1.29 is 14.8 Å². The minimum atomic E-state index is -0.625. The third kappa shape index (κ3) is 4.29. The van der Waals surface area contributed by atoms with Crippen LogP contribution in [0.2, 0.25) is 5.02 Å². The van der Waals surface area contributed by atoms with Crippen LogP contribution in [-0.2, 0) is 9.59 Å². The maximum Gasteiger partial charge on any atom is 0.267 e. The number of amides is 2. The zero-order valence-electron chi connectivity index (χ0n) is 13.7. The second-order valence-corrected chi connectivity index (χ2v) is 6.86. The summed E-state index contributed by atoms with van der Waals surface area (Å²) in [6.07, 6.45) is 8.33. The van der Waals surface area contributed by atoms with Crippen molar-refractivity contribution in [1.29, 1.82) is 0 Å². The summed E-state index contributed by atoms with van der Waals surface area (Å²) in [4.78, 5) is 29.5. The van der Waals surface area contributed by atoms with Gasteiger partial charge in [0.25, 0.3) is 5.91 Å². The third-order valence-corrected chi connectivity index (χ3v) is 4.98. The molecule has 0 unspecified atom stereocenters. The molecule has 3 rings (SSSR count). The molecule has 0 spiro atoms. The highest BCUT2D eigenvalue weighted by Gasteiger charge is 2.33. The molecule has 2 amide bonds. The van der Waals surface area contributed by atoms with E-state index in [0.29, 0.717) is 22.9 Å². The van der Waals surface area contributed by atoms with Crippen LogP contribution >= 0.6 is 11.6 Å². The number of hydroxylamine groups is 1. The summed E-state index contributed by atoms with van der Waals surface area (Å²) in [6, 6.07) is 1.82. The first-order valence-corrected chi connectivity index (χ1v) is 8.77. The lowest BCUT2D eigenvalue weighted by Crippen LogP contribution is -2.38. The molecule has 1 saturated heterocycles. The van der Waals surface area contributed by atoms with Gasteiger partial charge in [-0.05, 0) is 37.0 Å². The van der Waals surface area contributed by atoms with Crippen LogP contribution in [0.1, 0.15) is 31.2 Å². The van der Waals surface area contributed by atoms with E-state index in [0.717, 1.165) is 32.2 Å². The molecule has 1 aliphatic heterocycles. The molecule has 0 bridgehead atoms. The standard InChI is InChI=1S/C17H21ClN4O3/c18-14-8-11(4-5-15(23)21-25)9-19-16(14)20-13-6-7-22(10-13)17(24)12-2-1-3-12/h4-5,8-9,12-13,25H,1-3,6-7,10H2,(H,19,20)(H,21,23)/b5-4+/t13-/m1/s1. The van der Waals surface area contributed by atoms with E-state index in [2.05, 4.69) is 10.3 Å². The zero-order valence-corrected chi connectivity index (χ0v) is 14.5. The molecule has 1 atom stereocenters. The summed E-state index contributed by atoms with van der Waals surface area (Å²) in [5.41, 5.74) is 2.16. The van der Waals surface area contributed by atoms with Crippen molar-refractivity contribution in [2.45, 2.75) is 31.7 Å². The van der Waals surface area contributed by atoms with E-state index in [1.54, 1.807) is 12.3 Å². The van der Waals surface area contributed by atoms with Gasteiger partial charge in [0.15, 0.2) is 0 Å². The number of aromatic nitrogens is 1. The quantitative estimate of drug-likeness (QED) is 0.422. The van der Waals surface area contributed by atoms with Crippen LogP contribution in [0, 0.1) is 5.92 Å². The molecule has 25 heavy (non-hydrogen) atoms. The lowest BCUT2D eigenvalue weighted by molar-refractivity contribution is -0.137. The summed E-state index contributed by atoms with van der Waals surface area (Å²) in [5.74, 6) is 0.439. The second kappa shape index (κ2) is 7.84. The van der Waals surface area contributed by atoms with E-state index >= 15 is 0 Å². The summed E-state index contributed by atoms with van der Waals surface area (Å²) in [5, 5.41) is 12.2. The number of halogens is 1. The Kier molecular flexibility index (Phi) is 5.55. The predicted octanol–water partition coefficient (Wildman–Crippen LogP) is 2.07. The van der Waals surface area contributed by atoms with Crippen molar-refractivity contribution in [3.05, 3.63) is 28.9 Å². The molecule has 0 radical (unpaired) electrons. The van der Waals surface area contributed by atoms with Crippen LogP contribution in [-0.4, -0.2) is 46.0 Å². The largest absolute Gasteiger partial charge is 0.364 e. The molecule has 1 aromatic rings. The number of carbonyl (C=O) groups excluding carboxylic acids is 2. The molecule has 0 aromatic carbocycles. The predicted molar refractivity (Wildman–Crippen MR) is 94.2 cm³/mol. The van der Waals surface area contributed by atoms with Gasteiger partial charge in [0, 0.05) is 37.3 Å². The summed E-state index contributed by atoms with van der Waals surface area (Å²) in [6.45, 7) is 1.44. The van der Waals surface area contributed by atoms with Crippen molar-refractivity contribution in [3.8, 4) is 0 Å². The van der Waals surface area contributed by atoms with E-state index in [1.807, 2.05) is 4.90 Å². The first kappa shape index (κ1) is 17.7. The number of pyridine rings is 1. The van der Waals surface area contributed by atoms with E-state index in [-0.39, 0.29) is 17.9 Å². The number of hydrogen-bond acceptors (Lipinski definition) is 5. The molecule has 3 N–H and O–H groups in total. The Bertz CT molecular complexity index is 690. The highest BCUT2D eigenvalue weighted by Crippen LogP contribution is 2.30. The number of hydrogen-bond donors (Lipinski definition) is 3. The van der Waals surface area contributed by atoms with Crippen LogP contribution in [0.25, 0.3) is 6.08 Å². The Balaban J connectivity index is 1.57. The summed E-state index contributed by atoms with van der Waals surface area (Å²) >= 11 is 6.25. The lowest BCUT2D eigenvalue weighted by Gasteiger charge is -2.29. The molecule has 2 aliphatic rings. The number of anilines is 1. The highest BCUT2D eigenvalue weighted by molar-refractivity contribution is 6.33. The van der Waals surface area contributed by atoms with E-state index in [4.69, 9.17) is 16.8 Å². The van der Waals surface area contributed by atoms with Gasteiger partial charge in [0.05, 0.1) is 5.02 Å². The average Bonchev–Trinajstić information content (AvgIpc) is 3.02. The summed E-state index contributed by atoms with van der Waals surface area (Å²) < 4.78 is 0. The van der Waals surface area contributed by atoms with Crippen molar-refractivity contribution in [3.63, 3.8) is 0 Å². The minimum absolute atomic E-state index is 0.135. The molecule has 7 nitrogen and oxygen atoms in total.